The third-order valence-corrected chi connectivity index (χ3v) is 11.1. The van der Waals surface area contributed by atoms with E-state index < -0.39 is 71.2 Å². The minimum Gasteiger partial charge on any atom is -0.462 e. The summed E-state index contributed by atoms with van der Waals surface area (Å²) in [6.07, 6.45) is 39.4. The highest BCUT2D eigenvalue weighted by molar-refractivity contribution is 7.85. The lowest BCUT2D eigenvalue weighted by molar-refractivity contribution is -0.297. The lowest BCUT2D eigenvalue weighted by Crippen LogP contribution is -2.60. The highest BCUT2D eigenvalue weighted by Crippen LogP contribution is 2.24. The van der Waals surface area contributed by atoms with Crippen LogP contribution in [0.1, 0.15) is 168 Å². The van der Waals surface area contributed by atoms with Crippen LogP contribution in [-0.4, -0.2) is 96.0 Å². The van der Waals surface area contributed by atoms with Crippen molar-refractivity contribution < 1.29 is 56.8 Å². The molecule has 1 fully saturated rings. The zero-order valence-corrected chi connectivity index (χ0v) is 38.8. The Morgan fingerprint density at radius 2 is 1.08 bits per heavy atom. The number of carbonyl (C=O) groups is 2. The average molecular weight is 895 g/mol. The topological polar surface area (TPSA) is 186 Å². The first-order chi connectivity index (χ1) is 30.0. The number of hydrogen-bond acceptors (Lipinski definition) is 11. The number of rotatable bonds is 38. The van der Waals surface area contributed by atoms with E-state index in [0.717, 1.165) is 77.0 Å². The van der Waals surface area contributed by atoms with Crippen LogP contribution in [0, 0.1) is 0 Å². The van der Waals surface area contributed by atoms with Gasteiger partial charge in [-0.2, -0.15) is 8.42 Å². The second kappa shape index (κ2) is 38.5. The van der Waals surface area contributed by atoms with Crippen LogP contribution in [0.3, 0.4) is 0 Å². The molecule has 1 rings (SSSR count). The first-order valence-corrected chi connectivity index (χ1v) is 25.2. The lowest BCUT2D eigenvalue weighted by atomic mass is 10.00. The van der Waals surface area contributed by atoms with E-state index in [1.165, 1.54) is 51.4 Å². The molecule has 6 atom stereocenters. The quantitative estimate of drug-likeness (QED) is 0.0151. The molecule has 62 heavy (non-hydrogen) atoms. The second-order valence-corrected chi connectivity index (χ2v) is 17.6. The number of ether oxygens (including phenoxy) is 4. The van der Waals surface area contributed by atoms with Crippen LogP contribution >= 0.6 is 0 Å². The van der Waals surface area contributed by atoms with E-state index in [4.69, 9.17) is 18.9 Å². The number of unbranched alkanes of at least 4 members (excludes halogenated alkanes) is 17. The van der Waals surface area contributed by atoms with Gasteiger partial charge in [0.1, 0.15) is 36.8 Å². The van der Waals surface area contributed by atoms with Gasteiger partial charge < -0.3 is 34.3 Å². The summed E-state index contributed by atoms with van der Waals surface area (Å²) in [4.78, 5) is 25.4. The number of aliphatic hydroxyl groups excluding tert-OH is 3. The van der Waals surface area contributed by atoms with Crippen molar-refractivity contribution in [3.05, 3.63) is 72.9 Å². The summed E-state index contributed by atoms with van der Waals surface area (Å²) >= 11 is 0. The molecule has 0 amide bonds. The van der Waals surface area contributed by atoms with Crippen molar-refractivity contribution in [2.24, 2.45) is 0 Å². The molecule has 0 radical (unpaired) electrons. The Kier molecular flexibility index (Phi) is 35.5. The Hall–Kier alpha value is -2.91. The van der Waals surface area contributed by atoms with Crippen LogP contribution in [0.2, 0.25) is 0 Å². The highest BCUT2D eigenvalue weighted by atomic mass is 32.2. The maximum Gasteiger partial charge on any atom is 0.306 e. The molecule has 1 heterocycles. The van der Waals surface area contributed by atoms with Crippen molar-refractivity contribution in [1.82, 2.24) is 0 Å². The van der Waals surface area contributed by atoms with Crippen LogP contribution in [0.4, 0.5) is 0 Å². The summed E-state index contributed by atoms with van der Waals surface area (Å²) in [6, 6.07) is 0. The van der Waals surface area contributed by atoms with Gasteiger partial charge >= 0.3 is 11.9 Å². The summed E-state index contributed by atoms with van der Waals surface area (Å²) in [7, 11) is -4.61. The van der Waals surface area contributed by atoms with Crippen LogP contribution in [-0.2, 0) is 38.7 Å². The molecule has 0 aliphatic carbocycles. The van der Waals surface area contributed by atoms with E-state index in [2.05, 4.69) is 50.3 Å². The molecule has 0 bridgehead atoms. The van der Waals surface area contributed by atoms with Gasteiger partial charge in [0.05, 0.1) is 6.61 Å². The summed E-state index contributed by atoms with van der Waals surface area (Å²) in [5, 5.41) is 30.9. The molecular formula is C49H82O12S. The van der Waals surface area contributed by atoms with Crippen LogP contribution in [0.5, 0.6) is 0 Å². The predicted molar refractivity (Wildman–Crippen MR) is 247 cm³/mol. The molecule has 1 aliphatic rings. The second-order valence-electron chi connectivity index (χ2n) is 16.1. The minimum atomic E-state index is -4.61. The predicted octanol–water partition coefficient (Wildman–Crippen LogP) is 9.89. The Bertz CT molecular complexity index is 1420. The molecule has 1 aliphatic heterocycles. The number of esters is 2. The van der Waals surface area contributed by atoms with Crippen LogP contribution in [0.25, 0.3) is 0 Å². The molecule has 0 aromatic rings. The standard InChI is InChI=1S/C49H82O12S/c1-3-5-7-9-11-13-15-17-19-20-21-22-24-26-28-30-32-34-36-38-45(51)60-42(40-59-49-48(54)47(53)46(52)43(61-49)41-62(55,56)57)39-58-44(50)37-35-33-31-29-27-25-23-18-16-14-12-10-8-6-4-2/h6,8,10-14,16-19,23,42-43,46-49,52-54H,3-5,7,9,15,20-22,24-41H2,1-2H3,(H,55,56,57)/b8-6+,12-10+,13-11+,16-14+,19-17+,23-18+/t42-,43-,46-,47?,48?,49+/m1/s1. The van der Waals surface area contributed by atoms with Gasteiger partial charge in [-0.15, -0.1) is 0 Å². The molecule has 13 heteroatoms. The van der Waals surface area contributed by atoms with Gasteiger partial charge in [-0.05, 0) is 64.2 Å². The van der Waals surface area contributed by atoms with E-state index in [1.807, 2.05) is 36.5 Å². The molecule has 12 nitrogen and oxygen atoms in total. The van der Waals surface area contributed by atoms with Gasteiger partial charge in [-0.1, -0.05) is 164 Å². The van der Waals surface area contributed by atoms with Crippen molar-refractivity contribution in [2.75, 3.05) is 19.0 Å². The SMILES string of the molecule is CC/C=C/C=C/C=C/C=C/CCCCCCCC(=O)OC[C@H](CO[C@H]1O[C@H](CS(=O)(=O)O)[C@@H](O)C(O)C1O)OC(=O)CCCCCCCCCCC/C=C/C/C=C/CCCCC. The van der Waals surface area contributed by atoms with Crippen molar-refractivity contribution in [2.45, 2.75) is 205 Å². The number of aliphatic hydroxyl groups is 3. The van der Waals surface area contributed by atoms with Crippen molar-refractivity contribution in [3.8, 4) is 0 Å². The third kappa shape index (κ3) is 32.7. The van der Waals surface area contributed by atoms with Gasteiger partial charge in [0.15, 0.2) is 12.4 Å². The van der Waals surface area contributed by atoms with E-state index >= 15 is 0 Å². The number of carbonyl (C=O) groups excluding carboxylic acids is 2. The minimum absolute atomic E-state index is 0.150. The first kappa shape index (κ1) is 57.1. The largest absolute Gasteiger partial charge is 0.462 e. The average Bonchev–Trinajstić information content (AvgIpc) is 3.24. The zero-order chi connectivity index (χ0) is 45.5. The summed E-state index contributed by atoms with van der Waals surface area (Å²) in [6.45, 7) is 3.57. The molecule has 0 aromatic carbocycles. The summed E-state index contributed by atoms with van der Waals surface area (Å²) in [5.74, 6) is -2.03. The maximum atomic E-state index is 12.8. The lowest BCUT2D eigenvalue weighted by Gasteiger charge is -2.40. The van der Waals surface area contributed by atoms with E-state index in [9.17, 15) is 37.9 Å². The van der Waals surface area contributed by atoms with Crippen LogP contribution < -0.4 is 0 Å². The molecule has 0 spiro atoms. The molecule has 1 saturated heterocycles. The molecule has 356 valence electrons. The van der Waals surface area contributed by atoms with Gasteiger partial charge in [-0.25, -0.2) is 0 Å². The molecule has 0 saturated carbocycles. The fourth-order valence-corrected chi connectivity index (χ4v) is 7.41. The molecule has 2 unspecified atom stereocenters. The Morgan fingerprint density at radius 3 is 1.65 bits per heavy atom. The van der Waals surface area contributed by atoms with E-state index in [-0.39, 0.29) is 19.4 Å². The zero-order valence-electron chi connectivity index (χ0n) is 37.9. The fourth-order valence-electron chi connectivity index (χ4n) is 6.72. The monoisotopic (exact) mass is 895 g/mol. The van der Waals surface area contributed by atoms with E-state index in [0.29, 0.717) is 12.8 Å². The highest BCUT2D eigenvalue weighted by Gasteiger charge is 2.46. The van der Waals surface area contributed by atoms with Crippen molar-refractivity contribution in [3.63, 3.8) is 0 Å². The third-order valence-electron chi connectivity index (χ3n) is 10.4. The Labute approximate surface area is 374 Å². The van der Waals surface area contributed by atoms with E-state index in [1.54, 1.807) is 0 Å². The summed E-state index contributed by atoms with van der Waals surface area (Å²) in [5.41, 5.74) is 0. The number of hydrogen-bond donors (Lipinski definition) is 4. The molecule has 0 aromatic heterocycles. The van der Waals surface area contributed by atoms with Gasteiger partial charge in [-0.3, -0.25) is 14.1 Å². The normalized spacial score (nSPS) is 20.5. The fraction of sp³-hybridized carbons (Fsp3) is 0.714. The van der Waals surface area contributed by atoms with Crippen molar-refractivity contribution in [1.29, 1.82) is 0 Å². The Morgan fingerprint density at radius 1 is 0.581 bits per heavy atom. The molecule has 4 N–H and O–H groups in total. The van der Waals surface area contributed by atoms with Gasteiger partial charge in [0.2, 0.25) is 0 Å². The van der Waals surface area contributed by atoms with Gasteiger partial charge in [0.25, 0.3) is 10.1 Å². The maximum absolute atomic E-state index is 12.8. The molecular weight excluding hydrogens is 813 g/mol. The Balaban J connectivity index is 2.44. The smallest absolute Gasteiger partial charge is 0.306 e. The number of allylic oxidation sites excluding steroid dienone is 12. The summed E-state index contributed by atoms with van der Waals surface area (Å²) < 4.78 is 54.1. The van der Waals surface area contributed by atoms with Crippen LogP contribution in [0.15, 0.2) is 72.9 Å². The first-order valence-electron chi connectivity index (χ1n) is 23.5. The van der Waals surface area contributed by atoms with Crippen molar-refractivity contribution >= 4 is 22.1 Å². The van der Waals surface area contributed by atoms with Gasteiger partial charge in [0, 0.05) is 12.8 Å².